The lowest BCUT2D eigenvalue weighted by Gasteiger charge is -2.13. The zero-order valence-corrected chi connectivity index (χ0v) is 13.3. The van der Waals surface area contributed by atoms with Crippen LogP contribution in [0.1, 0.15) is 24.1 Å². The minimum Gasteiger partial charge on any atom is -0.497 e. The standard InChI is InChI=1S/C20H20N2O/c1-23-17-13-11-15(12-14-17)20-18-9-5-6-10-19(18)21-22(20)16-7-3-2-4-8-16/h2-4,7-8,11-14H,5-6,9-10H2,1H3. The summed E-state index contributed by atoms with van der Waals surface area (Å²) in [5.74, 6) is 0.883. The molecule has 1 aliphatic rings. The second kappa shape index (κ2) is 5.92. The molecule has 1 heterocycles. The van der Waals surface area contributed by atoms with Gasteiger partial charge in [0.2, 0.25) is 0 Å². The largest absolute Gasteiger partial charge is 0.497 e. The molecule has 0 bridgehead atoms. The molecule has 0 saturated carbocycles. The Morgan fingerprint density at radius 1 is 0.913 bits per heavy atom. The second-order valence-corrected chi connectivity index (χ2v) is 5.96. The number of benzene rings is 2. The Hall–Kier alpha value is -2.55. The van der Waals surface area contributed by atoms with E-state index in [4.69, 9.17) is 9.84 Å². The second-order valence-electron chi connectivity index (χ2n) is 5.96. The summed E-state index contributed by atoms with van der Waals surface area (Å²) in [6.45, 7) is 0. The molecule has 2 aromatic carbocycles. The van der Waals surface area contributed by atoms with E-state index in [0.717, 1.165) is 24.3 Å². The molecule has 0 atom stereocenters. The molecule has 116 valence electrons. The molecule has 0 radical (unpaired) electrons. The molecule has 3 heteroatoms. The summed E-state index contributed by atoms with van der Waals surface area (Å²) in [6.07, 6.45) is 4.68. The van der Waals surface area contributed by atoms with E-state index >= 15 is 0 Å². The highest BCUT2D eigenvalue weighted by molar-refractivity contribution is 5.68. The normalized spacial score (nSPS) is 13.6. The zero-order chi connectivity index (χ0) is 15.6. The number of hydrogen-bond donors (Lipinski definition) is 0. The van der Waals surface area contributed by atoms with Crippen LogP contribution in [0.4, 0.5) is 0 Å². The van der Waals surface area contributed by atoms with Gasteiger partial charge in [0.25, 0.3) is 0 Å². The Bertz CT molecular complexity index is 804. The molecule has 3 nitrogen and oxygen atoms in total. The lowest BCUT2D eigenvalue weighted by Crippen LogP contribution is -2.01. The Morgan fingerprint density at radius 2 is 1.65 bits per heavy atom. The number of aryl methyl sites for hydroxylation is 1. The first-order valence-electron chi connectivity index (χ1n) is 8.17. The van der Waals surface area contributed by atoms with Crippen LogP contribution in [0.25, 0.3) is 16.9 Å². The third-order valence-corrected chi connectivity index (χ3v) is 4.52. The summed E-state index contributed by atoms with van der Waals surface area (Å²) in [6, 6.07) is 18.7. The summed E-state index contributed by atoms with van der Waals surface area (Å²) in [4.78, 5) is 0. The van der Waals surface area contributed by atoms with E-state index in [0.29, 0.717) is 0 Å². The maximum atomic E-state index is 5.29. The number of rotatable bonds is 3. The van der Waals surface area contributed by atoms with Crippen molar-refractivity contribution in [2.45, 2.75) is 25.7 Å². The molecule has 0 unspecified atom stereocenters. The number of fused-ring (bicyclic) bond motifs is 1. The molecular formula is C20H20N2O. The molecule has 0 aliphatic heterocycles. The highest BCUT2D eigenvalue weighted by Crippen LogP contribution is 2.34. The van der Waals surface area contributed by atoms with Gasteiger partial charge in [0.15, 0.2) is 0 Å². The van der Waals surface area contributed by atoms with Crippen LogP contribution >= 0.6 is 0 Å². The number of ether oxygens (including phenoxy) is 1. The van der Waals surface area contributed by atoms with Crippen molar-refractivity contribution in [3.8, 4) is 22.7 Å². The third kappa shape index (κ3) is 2.52. The quantitative estimate of drug-likeness (QED) is 0.716. The Balaban J connectivity index is 1.90. The van der Waals surface area contributed by atoms with Crippen molar-refractivity contribution in [3.05, 3.63) is 65.9 Å². The van der Waals surface area contributed by atoms with Gasteiger partial charge in [-0.3, -0.25) is 0 Å². The molecule has 0 spiro atoms. The molecule has 0 saturated heterocycles. The van der Waals surface area contributed by atoms with Crippen molar-refractivity contribution in [2.75, 3.05) is 7.11 Å². The minimum absolute atomic E-state index is 0.883. The maximum absolute atomic E-state index is 5.29. The molecule has 1 aliphatic carbocycles. The van der Waals surface area contributed by atoms with E-state index in [2.05, 4.69) is 41.1 Å². The minimum atomic E-state index is 0.883. The van der Waals surface area contributed by atoms with Gasteiger partial charge in [-0.15, -0.1) is 0 Å². The average molecular weight is 304 g/mol. The Morgan fingerprint density at radius 3 is 2.39 bits per heavy atom. The van der Waals surface area contributed by atoms with Crippen LogP contribution < -0.4 is 4.74 Å². The van der Waals surface area contributed by atoms with Crippen molar-refractivity contribution >= 4 is 0 Å². The number of para-hydroxylation sites is 1. The third-order valence-electron chi connectivity index (χ3n) is 4.52. The molecular weight excluding hydrogens is 284 g/mol. The van der Waals surface area contributed by atoms with Crippen molar-refractivity contribution in [1.82, 2.24) is 9.78 Å². The van der Waals surface area contributed by atoms with Gasteiger partial charge < -0.3 is 4.74 Å². The van der Waals surface area contributed by atoms with Gasteiger partial charge in [-0.05, 0) is 62.1 Å². The number of nitrogens with zero attached hydrogens (tertiary/aromatic N) is 2. The van der Waals surface area contributed by atoms with E-state index in [1.807, 2.05) is 18.2 Å². The summed E-state index contributed by atoms with van der Waals surface area (Å²) in [7, 11) is 1.70. The highest BCUT2D eigenvalue weighted by Gasteiger charge is 2.22. The summed E-state index contributed by atoms with van der Waals surface area (Å²) < 4.78 is 7.40. The molecule has 0 fully saturated rings. The van der Waals surface area contributed by atoms with Crippen molar-refractivity contribution in [3.63, 3.8) is 0 Å². The maximum Gasteiger partial charge on any atom is 0.118 e. The predicted molar refractivity (Wildman–Crippen MR) is 92.2 cm³/mol. The van der Waals surface area contributed by atoms with Crippen LogP contribution in [-0.2, 0) is 12.8 Å². The fourth-order valence-corrected chi connectivity index (χ4v) is 3.35. The summed E-state index contributed by atoms with van der Waals surface area (Å²) in [5, 5.41) is 4.93. The van der Waals surface area contributed by atoms with Crippen LogP contribution in [0, 0.1) is 0 Å². The Labute approximate surface area is 136 Å². The van der Waals surface area contributed by atoms with Crippen LogP contribution in [0.2, 0.25) is 0 Å². The van der Waals surface area contributed by atoms with Gasteiger partial charge in [-0.25, -0.2) is 4.68 Å². The van der Waals surface area contributed by atoms with Gasteiger partial charge in [0.1, 0.15) is 5.75 Å². The van der Waals surface area contributed by atoms with Gasteiger partial charge in [-0.1, -0.05) is 18.2 Å². The number of aromatic nitrogens is 2. The van der Waals surface area contributed by atoms with Crippen LogP contribution in [0.15, 0.2) is 54.6 Å². The van der Waals surface area contributed by atoms with Crippen molar-refractivity contribution in [2.24, 2.45) is 0 Å². The van der Waals surface area contributed by atoms with E-state index < -0.39 is 0 Å². The lowest BCUT2D eigenvalue weighted by molar-refractivity contribution is 0.415. The number of hydrogen-bond acceptors (Lipinski definition) is 2. The van der Waals surface area contributed by atoms with Gasteiger partial charge >= 0.3 is 0 Å². The topological polar surface area (TPSA) is 27.1 Å². The monoisotopic (exact) mass is 304 g/mol. The molecule has 4 rings (SSSR count). The molecule has 1 aromatic heterocycles. The highest BCUT2D eigenvalue weighted by atomic mass is 16.5. The molecule has 3 aromatic rings. The van der Waals surface area contributed by atoms with Crippen LogP contribution in [-0.4, -0.2) is 16.9 Å². The fourth-order valence-electron chi connectivity index (χ4n) is 3.35. The Kier molecular flexibility index (Phi) is 3.62. The average Bonchev–Trinajstić information content (AvgIpc) is 3.02. The smallest absolute Gasteiger partial charge is 0.118 e. The van der Waals surface area contributed by atoms with Crippen LogP contribution in [0.5, 0.6) is 5.75 Å². The van der Waals surface area contributed by atoms with E-state index in [9.17, 15) is 0 Å². The number of methoxy groups -OCH3 is 1. The predicted octanol–water partition coefficient (Wildman–Crippen LogP) is 4.43. The van der Waals surface area contributed by atoms with Crippen molar-refractivity contribution < 1.29 is 4.74 Å². The van der Waals surface area contributed by atoms with E-state index in [1.165, 1.54) is 35.4 Å². The zero-order valence-electron chi connectivity index (χ0n) is 13.3. The SMILES string of the molecule is COc1ccc(-c2c3c(nn2-c2ccccc2)CCCC3)cc1. The summed E-state index contributed by atoms with van der Waals surface area (Å²) in [5.41, 5.74) is 6.21. The lowest BCUT2D eigenvalue weighted by atomic mass is 9.93. The van der Waals surface area contributed by atoms with E-state index in [1.54, 1.807) is 7.11 Å². The van der Waals surface area contributed by atoms with Gasteiger partial charge in [0, 0.05) is 11.1 Å². The van der Waals surface area contributed by atoms with Gasteiger partial charge in [-0.2, -0.15) is 5.10 Å². The molecule has 0 N–H and O–H groups in total. The van der Waals surface area contributed by atoms with Crippen LogP contribution in [0.3, 0.4) is 0 Å². The first-order valence-corrected chi connectivity index (χ1v) is 8.17. The van der Waals surface area contributed by atoms with E-state index in [-0.39, 0.29) is 0 Å². The molecule has 0 amide bonds. The van der Waals surface area contributed by atoms with Crippen molar-refractivity contribution in [1.29, 1.82) is 0 Å². The first kappa shape index (κ1) is 14.1. The fraction of sp³-hybridized carbons (Fsp3) is 0.250. The van der Waals surface area contributed by atoms with Gasteiger partial charge in [0.05, 0.1) is 24.2 Å². The first-order chi connectivity index (χ1) is 11.4. The molecule has 23 heavy (non-hydrogen) atoms. The summed E-state index contributed by atoms with van der Waals surface area (Å²) >= 11 is 0.